The Labute approximate surface area is 141 Å². The second-order valence-electron chi connectivity index (χ2n) is 5.02. The molecule has 7 heteroatoms. The van der Waals surface area contributed by atoms with E-state index >= 15 is 0 Å². The van der Waals surface area contributed by atoms with E-state index in [2.05, 4.69) is 5.10 Å². The molecule has 0 spiro atoms. The Hall–Kier alpha value is -1.56. The third kappa shape index (κ3) is 4.22. The first-order chi connectivity index (χ1) is 10.0. The lowest BCUT2D eigenvalue weighted by molar-refractivity contribution is 0.0748. The fraction of sp³-hybridized carbons (Fsp3) is 0.333. The van der Waals surface area contributed by atoms with Crippen molar-refractivity contribution in [3.8, 4) is 0 Å². The normalized spacial score (nSPS) is 11.6. The molecule has 0 aliphatic carbocycles. The molecule has 120 valence electrons. The van der Waals surface area contributed by atoms with Gasteiger partial charge in [0.15, 0.2) is 0 Å². The van der Waals surface area contributed by atoms with Gasteiger partial charge >= 0.3 is 0 Å². The van der Waals surface area contributed by atoms with Gasteiger partial charge in [0, 0.05) is 30.9 Å². The molecule has 1 atom stereocenters. The van der Waals surface area contributed by atoms with Crippen LogP contribution in [0.5, 0.6) is 0 Å². The fourth-order valence-electron chi connectivity index (χ4n) is 1.92. The van der Waals surface area contributed by atoms with E-state index in [1.807, 2.05) is 31.2 Å². The average Bonchev–Trinajstić information content (AvgIpc) is 2.95. The van der Waals surface area contributed by atoms with Crippen molar-refractivity contribution >= 4 is 29.9 Å². The van der Waals surface area contributed by atoms with Crippen molar-refractivity contribution in [1.82, 2.24) is 14.7 Å². The number of nitrogens with zero attached hydrogens (tertiary/aromatic N) is 3. The molecule has 2 N–H and O–H groups in total. The van der Waals surface area contributed by atoms with Gasteiger partial charge in [0.2, 0.25) is 0 Å². The van der Waals surface area contributed by atoms with Crippen LogP contribution in [-0.4, -0.2) is 40.2 Å². The molecule has 1 amide bonds. The smallest absolute Gasteiger partial charge is 0.257 e. The largest absolute Gasteiger partial charge is 0.338 e. The van der Waals surface area contributed by atoms with Gasteiger partial charge in [0.1, 0.15) is 0 Å². The van der Waals surface area contributed by atoms with Crippen molar-refractivity contribution in [3.63, 3.8) is 0 Å². The second kappa shape index (κ2) is 8.17. The van der Waals surface area contributed by atoms with E-state index in [0.717, 1.165) is 5.56 Å². The summed E-state index contributed by atoms with van der Waals surface area (Å²) < 4.78 is 1.70. The van der Waals surface area contributed by atoms with Gasteiger partial charge in [-0.3, -0.25) is 9.48 Å². The number of benzene rings is 1. The summed E-state index contributed by atoms with van der Waals surface area (Å²) in [5.41, 5.74) is 7.09. The zero-order chi connectivity index (χ0) is 15.4. The van der Waals surface area contributed by atoms with Crippen LogP contribution in [0.4, 0.5) is 0 Å². The molecule has 0 aliphatic rings. The highest BCUT2D eigenvalue weighted by molar-refractivity contribution is 6.31. The topological polar surface area (TPSA) is 64.2 Å². The van der Waals surface area contributed by atoms with Crippen molar-refractivity contribution in [2.24, 2.45) is 5.73 Å². The van der Waals surface area contributed by atoms with E-state index < -0.39 is 0 Å². The zero-order valence-corrected chi connectivity index (χ0v) is 14.1. The van der Waals surface area contributed by atoms with Crippen LogP contribution in [0.15, 0.2) is 36.7 Å². The number of carbonyl (C=O) groups is 1. The Balaban J connectivity index is 0.00000242. The van der Waals surface area contributed by atoms with Gasteiger partial charge in [-0.05, 0) is 18.6 Å². The molecule has 1 unspecified atom stereocenters. The van der Waals surface area contributed by atoms with Gasteiger partial charge in [-0.2, -0.15) is 5.10 Å². The molecular formula is C15H20Cl2N4O. The van der Waals surface area contributed by atoms with Crippen LogP contribution in [0.1, 0.15) is 22.8 Å². The van der Waals surface area contributed by atoms with Crippen LogP contribution < -0.4 is 5.73 Å². The third-order valence-corrected chi connectivity index (χ3v) is 3.86. The Morgan fingerprint density at radius 2 is 2.14 bits per heavy atom. The number of nitrogens with two attached hydrogens (primary N) is 1. The highest BCUT2D eigenvalue weighted by Gasteiger charge is 2.18. The Morgan fingerprint density at radius 1 is 1.45 bits per heavy atom. The van der Waals surface area contributed by atoms with E-state index in [1.165, 1.54) is 0 Å². The first-order valence-corrected chi connectivity index (χ1v) is 7.13. The summed E-state index contributed by atoms with van der Waals surface area (Å²) in [4.78, 5) is 13.9. The van der Waals surface area contributed by atoms with Crippen LogP contribution in [0.25, 0.3) is 0 Å². The first kappa shape index (κ1) is 18.5. The molecule has 5 nitrogen and oxygen atoms in total. The molecule has 0 bridgehead atoms. The van der Waals surface area contributed by atoms with Gasteiger partial charge < -0.3 is 10.6 Å². The SMILES string of the molecule is CC(CN)N(C)C(=O)c1cnn(Cc2ccccc2Cl)c1.Cl. The summed E-state index contributed by atoms with van der Waals surface area (Å²) >= 11 is 6.12. The number of carbonyl (C=O) groups excluding carboxylic acids is 1. The summed E-state index contributed by atoms with van der Waals surface area (Å²) in [7, 11) is 1.74. The van der Waals surface area contributed by atoms with Crippen molar-refractivity contribution in [2.75, 3.05) is 13.6 Å². The maximum atomic E-state index is 12.3. The number of halogens is 2. The molecule has 2 aromatic rings. The summed E-state index contributed by atoms with van der Waals surface area (Å²) in [6.07, 6.45) is 3.30. The zero-order valence-electron chi connectivity index (χ0n) is 12.6. The van der Waals surface area contributed by atoms with Crippen molar-refractivity contribution in [1.29, 1.82) is 0 Å². The minimum Gasteiger partial charge on any atom is -0.338 e. The number of hydrogen-bond donors (Lipinski definition) is 1. The number of likely N-dealkylation sites (N-methyl/N-ethyl adjacent to an activating group) is 1. The molecule has 0 aliphatic heterocycles. The predicted octanol–water partition coefficient (Wildman–Crippen LogP) is 2.43. The van der Waals surface area contributed by atoms with Crippen LogP contribution in [0.3, 0.4) is 0 Å². The molecule has 22 heavy (non-hydrogen) atoms. The van der Waals surface area contributed by atoms with Gasteiger partial charge in [0.05, 0.1) is 18.3 Å². The molecule has 0 radical (unpaired) electrons. The van der Waals surface area contributed by atoms with Crippen LogP contribution in [-0.2, 0) is 6.54 Å². The molecular weight excluding hydrogens is 323 g/mol. The lowest BCUT2D eigenvalue weighted by Crippen LogP contribution is -2.39. The van der Waals surface area contributed by atoms with E-state index in [0.29, 0.717) is 23.7 Å². The van der Waals surface area contributed by atoms with Crippen molar-refractivity contribution in [3.05, 3.63) is 52.8 Å². The number of amides is 1. The van der Waals surface area contributed by atoms with Gasteiger partial charge in [0.25, 0.3) is 5.91 Å². The highest BCUT2D eigenvalue weighted by Crippen LogP contribution is 2.16. The van der Waals surface area contributed by atoms with Gasteiger partial charge in [-0.15, -0.1) is 12.4 Å². The Morgan fingerprint density at radius 3 is 2.77 bits per heavy atom. The summed E-state index contributed by atoms with van der Waals surface area (Å²) in [6, 6.07) is 7.57. The number of rotatable bonds is 5. The van der Waals surface area contributed by atoms with Crippen LogP contribution in [0, 0.1) is 0 Å². The third-order valence-electron chi connectivity index (χ3n) is 3.49. The first-order valence-electron chi connectivity index (χ1n) is 6.76. The second-order valence-corrected chi connectivity index (χ2v) is 5.43. The van der Waals surface area contributed by atoms with Crippen molar-refractivity contribution in [2.45, 2.75) is 19.5 Å². The predicted molar refractivity (Wildman–Crippen MR) is 90.6 cm³/mol. The quantitative estimate of drug-likeness (QED) is 0.907. The summed E-state index contributed by atoms with van der Waals surface area (Å²) in [6.45, 7) is 2.87. The summed E-state index contributed by atoms with van der Waals surface area (Å²) in [5, 5.41) is 4.91. The highest BCUT2D eigenvalue weighted by atomic mass is 35.5. The molecule has 0 fully saturated rings. The Bertz CT molecular complexity index is 630. The Kier molecular flexibility index (Phi) is 6.87. The molecule has 0 saturated carbocycles. The van der Waals surface area contributed by atoms with Gasteiger partial charge in [-0.25, -0.2) is 0 Å². The monoisotopic (exact) mass is 342 g/mol. The maximum Gasteiger partial charge on any atom is 0.257 e. The minimum absolute atomic E-state index is 0. The summed E-state index contributed by atoms with van der Waals surface area (Å²) in [5.74, 6) is -0.0849. The van der Waals surface area contributed by atoms with Crippen LogP contribution >= 0.6 is 24.0 Å². The maximum absolute atomic E-state index is 12.3. The van der Waals surface area contributed by atoms with E-state index in [9.17, 15) is 4.79 Å². The lowest BCUT2D eigenvalue weighted by Gasteiger charge is -2.22. The van der Waals surface area contributed by atoms with Crippen molar-refractivity contribution < 1.29 is 4.79 Å². The number of hydrogen-bond acceptors (Lipinski definition) is 3. The molecule has 2 rings (SSSR count). The van der Waals surface area contributed by atoms with E-state index in [1.54, 1.807) is 29.0 Å². The standard InChI is InChI=1S/C15H19ClN4O.ClH/c1-11(7-17)19(2)15(21)13-8-18-20(10-13)9-12-5-3-4-6-14(12)16;/h3-6,8,10-11H,7,9,17H2,1-2H3;1H. The van der Waals surface area contributed by atoms with Crippen LogP contribution in [0.2, 0.25) is 5.02 Å². The molecule has 0 saturated heterocycles. The average molecular weight is 343 g/mol. The minimum atomic E-state index is -0.0849. The van der Waals surface area contributed by atoms with E-state index in [4.69, 9.17) is 17.3 Å². The fourth-order valence-corrected chi connectivity index (χ4v) is 2.12. The lowest BCUT2D eigenvalue weighted by atomic mass is 10.2. The molecule has 1 heterocycles. The number of aromatic nitrogens is 2. The van der Waals surface area contributed by atoms with Gasteiger partial charge in [-0.1, -0.05) is 29.8 Å². The molecule has 1 aromatic heterocycles. The van der Waals surface area contributed by atoms with E-state index in [-0.39, 0.29) is 24.4 Å². The molecule has 1 aromatic carbocycles.